The van der Waals surface area contributed by atoms with Gasteiger partial charge in [-0.15, -0.1) is 0 Å². The minimum absolute atomic E-state index is 0.253. The third-order valence-corrected chi connectivity index (χ3v) is 7.13. The van der Waals surface area contributed by atoms with Gasteiger partial charge in [-0.3, -0.25) is 4.57 Å². The van der Waals surface area contributed by atoms with Crippen LogP contribution in [0.25, 0.3) is 11.2 Å². The molecular weight excluding hydrogens is 572 g/mol. The van der Waals surface area contributed by atoms with Crippen molar-refractivity contribution in [1.29, 1.82) is 0 Å². The molecule has 1 fully saturated rings. The number of fused-ring (bicyclic) bond motifs is 1. The Morgan fingerprint density at radius 1 is 0.767 bits per heavy atom. The summed E-state index contributed by atoms with van der Waals surface area (Å²) in [6, 6.07) is 25.2. The van der Waals surface area contributed by atoms with E-state index in [0.29, 0.717) is 16.7 Å². The molecule has 0 saturated carbocycles. The summed E-state index contributed by atoms with van der Waals surface area (Å²) in [6.45, 7) is -0.305. The number of nitrogens with zero attached hydrogens (tertiary/aromatic N) is 3. The van der Waals surface area contributed by atoms with Crippen LogP contribution in [0.4, 0.5) is 0 Å². The quantitative estimate of drug-likeness (QED) is 0.153. The highest BCUT2D eigenvalue weighted by molar-refractivity contribution is 7.71. The Morgan fingerprint density at radius 2 is 1.30 bits per heavy atom. The molecule has 5 aromatic rings. The maximum atomic E-state index is 13.3. The van der Waals surface area contributed by atoms with Gasteiger partial charge in [0.05, 0.1) is 29.3 Å². The molecule has 1 saturated heterocycles. The number of aromatic amines is 1. The Labute approximate surface area is 250 Å². The molecule has 0 bridgehead atoms. The molecule has 1 aliphatic heterocycles. The van der Waals surface area contributed by atoms with Crippen molar-refractivity contribution in [3.05, 3.63) is 125 Å². The maximum absolute atomic E-state index is 13.3. The number of H-pyrrole nitrogens is 1. The van der Waals surface area contributed by atoms with E-state index in [0.717, 1.165) is 0 Å². The fraction of sp³-hybridized carbons (Fsp3) is 0.161. The Bertz CT molecular complexity index is 1810. The van der Waals surface area contributed by atoms with Gasteiger partial charge in [0.15, 0.2) is 23.1 Å². The van der Waals surface area contributed by atoms with Crippen LogP contribution in [-0.4, -0.2) is 62.3 Å². The van der Waals surface area contributed by atoms with E-state index in [-0.39, 0.29) is 22.4 Å². The monoisotopic (exact) mass is 596 g/mol. The fourth-order valence-electron chi connectivity index (χ4n) is 4.75. The van der Waals surface area contributed by atoms with Crippen molar-refractivity contribution in [3.63, 3.8) is 0 Å². The van der Waals surface area contributed by atoms with Gasteiger partial charge in [0.1, 0.15) is 23.9 Å². The van der Waals surface area contributed by atoms with E-state index >= 15 is 0 Å². The lowest BCUT2D eigenvalue weighted by atomic mass is 10.1. The van der Waals surface area contributed by atoms with Crippen molar-refractivity contribution in [2.75, 3.05) is 6.61 Å². The van der Waals surface area contributed by atoms with E-state index < -0.39 is 42.4 Å². The third-order valence-electron chi connectivity index (χ3n) is 6.83. The van der Waals surface area contributed by atoms with E-state index in [4.69, 9.17) is 31.2 Å². The van der Waals surface area contributed by atoms with Crippen LogP contribution in [0.2, 0.25) is 0 Å². The van der Waals surface area contributed by atoms with Crippen LogP contribution in [0, 0.1) is 4.64 Å². The molecule has 3 aromatic carbocycles. The number of imidazole rings is 1. The number of rotatable bonds is 8. The Kier molecular flexibility index (Phi) is 8.03. The highest BCUT2D eigenvalue weighted by Crippen LogP contribution is 2.36. The summed E-state index contributed by atoms with van der Waals surface area (Å²) in [5.74, 6) is -1.93. The van der Waals surface area contributed by atoms with E-state index in [1.165, 1.54) is 12.7 Å². The summed E-state index contributed by atoms with van der Waals surface area (Å²) in [7, 11) is 0. The van der Waals surface area contributed by atoms with Crippen LogP contribution in [0.3, 0.4) is 0 Å². The first kappa shape index (κ1) is 27.9. The number of hydrogen-bond acceptors (Lipinski definition) is 10. The molecule has 43 heavy (non-hydrogen) atoms. The molecule has 0 amide bonds. The average Bonchev–Trinajstić information content (AvgIpc) is 3.63. The second-order valence-electron chi connectivity index (χ2n) is 9.56. The molecule has 6 rings (SSSR count). The summed E-state index contributed by atoms with van der Waals surface area (Å²) in [5.41, 5.74) is 1.74. The van der Waals surface area contributed by atoms with Crippen LogP contribution in [-0.2, 0) is 18.9 Å². The summed E-state index contributed by atoms with van der Waals surface area (Å²) in [4.78, 5) is 50.8. The van der Waals surface area contributed by atoms with Gasteiger partial charge in [-0.05, 0) is 36.4 Å². The van der Waals surface area contributed by atoms with Gasteiger partial charge in [-0.25, -0.2) is 24.4 Å². The van der Waals surface area contributed by atoms with Crippen LogP contribution in [0.15, 0.2) is 104 Å². The van der Waals surface area contributed by atoms with Crippen LogP contribution in [0.5, 0.6) is 0 Å². The van der Waals surface area contributed by atoms with Crippen molar-refractivity contribution in [2.24, 2.45) is 0 Å². The number of carbonyl (C=O) groups is 3. The van der Waals surface area contributed by atoms with Gasteiger partial charge in [0.2, 0.25) is 0 Å². The molecule has 216 valence electrons. The van der Waals surface area contributed by atoms with Crippen molar-refractivity contribution >= 4 is 41.3 Å². The topological polar surface area (TPSA) is 135 Å². The van der Waals surface area contributed by atoms with E-state index in [1.807, 2.05) is 0 Å². The predicted molar refractivity (Wildman–Crippen MR) is 155 cm³/mol. The molecule has 12 heteroatoms. The second-order valence-corrected chi connectivity index (χ2v) is 9.94. The zero-order chi connectivity index (χ0) is 29.8. The molecule has 11 nitrogen and oxygen atoms in total. The number of nitrogens with one attached hydrogen (secondary N) is 1. The predicted octanol–water partition coefficient (Wildman–Crippen LogP) is 4.69. The first-order chi connectivity index (χ1) is 21.0. The smallest absolute Gasteiger partial charge is 0.338 e. The minimum atomic E-state index is -1.19. The first-order valence-electron chi connectivity index (χ1n) is 13.3. The fourth-order valence-corrected chi connectivity index (χ4v) is 4.95. The lowest BCUT2D eigenvalue weighted by Crippen LogP contribution is -2.41. The number of benzene rings is 3. The Balaban J connectivity index is 1.37. The number of ether oxygens (including phenoxy) is 4. The van der Waals surface area contributed by atoms with E-state index in [9.17, 15) is 14.4 Å². The lowest BCUT2D eigenvalue weighted by molar-refractivity contribution is -0.0606. The van der Waals surface area contributed by atoms with Crippen LogP contribution >= 0.6 is 12.2 Å². The van der Waals surface area contributed by atoms with E-state index in [1.54, 1.807) is 95.6 Å². The third kappa shape index (κ3) is 5.92. The maximum Gasteiger partial charge on any atom is 0.338 e. The van der Waals surface area contributed by atoms with Gasteiger partial charge in [-0.1, -0.05) is 66.8 Å². The van der Waals surface area contributed by atoms with Crippen LogP contribution in [0.1, 0.15) is 37.3 Å². The summed E-state index contributed by atoms with van der Waals surface area (Å²) >= 11 is 5.32. The molecule has 1 aliphatic rings. The summed E-state index contributed by atoms with van der Waals surface area (Å²) in [5, 5.41) is 0. The van der Waals surface area contributed by atoms with Gasteiger partial charge < -0.3 is 23.9 Å². The Morgan fingerprint density at radius 3 is 1.88 bits per heavy atom. The summed E-state index contributed by atoms with van der Waals surface area (Å²) in [6.07, 6.45) is -1.58. The van der Waals surface area contributed by atoms with Gasteiger partial charge in [0, 0.05) is 0 Å². The van der Waals surface area contributed by atoms with Gasteiger partial charge in [-0.2, -0.15) is 0 Å². The number of esters is 3. The minimum Gasteiger partial charge on any atom is -0.459 e. The van der Waals surface area contributed by atoms with Crippen molar-refractivity contribution in [3.8, 4) is 0 Å². The molecule has 0 unspecified atom stereocenters. The van der Waals surface area contributed by atoms with Crippen molar-refractivity contribution in [1.82, 2.24) is 19.5 Å². The van der Waals surface area contributed by atoms with Gasteiger partial charge in [0.25, 0.3) is 0 Å². The largest absolute Gasteiger partial charge is 0.459 e. The number of aromatic nitrogens is 4. The molecule has 2 aromatic heterocycles. The molecule has 1 N–H and O–H groups in total. The van der Waals surface area contributed by atoms with Gasteiger partial charge >= 0.3 is 17.9 Å². The SMILES string of the molecule is O=C(OC[C@@H]1O[C@H](n2cnc3c(=S)nc[nH]c32)[C@@H](OC(=O)c2ccccc2)[C@H]1OC(=O)c1ccccc1)c1ccccc1. The molecule has 4 atom stereocenters. The number of carbonyl (C=O) groups excluding carboxylic acids is 3. The standard InChI is InChI=1S/C31H24N4O7S/c36-29(19-10-4-1-5-11-19)39-16-22-24(41-30(37)20-12-6-2-7-13-20)25(42-31(38)21-14-8-3-9-15-21)28(40-22)35-18-34-23-26(35)32-17-33-27(23)43/h1-15,17-18,22,24-25,28H,16H2,(H,32,33,43)/t22-,24-,25-,28-/m0/s1. The first-order valence-corrected chi connectivity index (χ1v) is 13.7. The normalized spacial score (nSPS) is 19.5. The highest BCUT2D eigenvalue weighted by Gasteiger charge is 2.51. The summed E-state index contributed by atoms with van der Waals surface area (Å²) < 4.78 is 25.7. The highest BCUT2D eigenvalue weighted by atomic mass is 32.1. The second kappa shape index (κ2) is 12.3. The number of hydrogen-bond donors (Lipinski definition) is 1. The average molecular weight is 597 g/mol. The zero-order valence-corrected chi connectivity index (χ0v) is 23.3. The molecule has 3 heterocycles. The lowest BCUT2D eigenvalue weighted by Gasteiger charge is -2.25. The molecular formula is C31H24N4O7S. The van der Waals surface area contributed by atoms with Crippen molar-refractivity contribution in [2.45, 2.75) is 24.5 Å². The zero-order valence-electron chi connectivity index (χ0n) is 22.4. The molecule has 0 aliphatic carbocycles. The van der Waals surface area contributed by atoms with Crippen LogP contribution < -0.4 is 0 Å². The molecule has 0 radical (unpaired) electrons. The Hall–Kier alpha value is -5.20. The molecule has 0 spiro atoms. The van der Waals surface area contributed by atoms with E-state index in [2.05, 4.69) is 15.0 Å². The van der Waals surface area contributed by atoms with Crippen molar-refractivity contribution < 1.29 is 33.3 Å².